The van der Waals surface area contributed by atoms with Crippen LogP contribution in [0.3, 0.4) is 0 Å². The van der Waals surface area contributed by atoms with E-state index in [0.717, 1.165) is 6.92 Å². The molecule has 0 aromatic rings. The van der Waals surface area contributed by atoms with Gasteiger partial charge in [-0.1, -0.05) is 0 Å². The summed E-state index contributed by atoms with van der Waals surface area (Å²) < 4.78 is 4.15. The van der Waals surface area contributed by atoms with Crippen molar-refractivity contribution in [2.75, 3.05) is 6.61 Å². The van der Waals surface area contributed by atoms with Gasteiger partial charge >= 0.3 is 5.97 Å². The van der Waals surface area contributed by atoms with Crippen LogP contribution in [0.4, 0.5) is 0 Å². The maximum Gasteiger partial charge on any atom is 0.305 e. The van der Waals surface area contributed by atoms with E-state index in [1.807, 2.05) is 0 Å². The van der Waals surface area contributed by atoms with Gasteiger partial charge in [-0.05, 0) is 0 Å². The molecule has 0 fully saturated rings. The summed E-state index contributed by atoms with van der Waals surface area (Å²) in [5, 5.41) is 54.1. The minimum absolute atomic E-state index is 0.839. The number of aliphatic hydroxyl groups excluding tert-OH is 6. The fourth-order valence-corrected chi connectivity index (χ4v) is 0.946. The lowest BCUT2D eigenvalue weighted by Crippen LogP contribution is -2.50. The van der Waals surface area contributed by atoms with Gasteiger partial charge in [0.15, 0.2) is 0 Å². The summed E-state index contributed by atoms with van der Waals surface area (Å²) in [7, 11) is 0. The van der Waals surface area contributed by atoms with Crippen molar-refractivity contribution in [1.82, 2.24) is 0 Å². The van der Waals surface area contributed by atoms with Crippen LogP contribution >= 0.6 is 0 Å². The molecular weight excluding hydrogens is 224 g/mol. The molecule has 8 heteroatoms. The van der Waals surface area contributed by atoms with Crippen LogP contribution in [0.1, 0.15) is 6.92 Å². The van der Waals surface area contributed by atoms with Gasteiger partial charge in [0.2, 0.25) is 6.29 Å². The highest BCUT2D eigenvalue weighted by atomic mass is 16.6. The Balaban J connectivity index is 4.35. The summed E-state index contributed by atoms with van der Waals surface area (Å²) in [5.41, 5.74) is 0. The Morgan fingerprint density at radius 2 is 1.56 bits per heavy atom. The summed E-state index contributed by atoms with van der Waals surface area (Å²) in [4.78, 5) is 10.4. The Morgan fingerprint density at radius 1 is 1.06 bits per heavy atom. The second-order valence-electron chi connectivity index (χ2n) is 3.22. The van der Waals surface area contributed by atoms with Gasteiger partial charge in [-0.15, -0.1) is 0 Å². The molecule has 6 N–H and O–H groups in total. The first-order chi connectivity index (χ1) is 7.31. The molecule has 0 rings (SSSR count). The zero-order valence-electron chi connectivity index (χ0n) is 8.59. The number of ether oxygens (including phenoxy) is 1. The first kappa shape index (κ1) is 15.2. The zero-order valence-corrected chi connectivity index (χ0v) is 8.59. The third-order valence-corrected chi connectivity index (χ3v) is 1.86. The number of rotatable bonds is 6. The molecule has 0 radical (unpaired) electrons. The van der Waals surface area contributed by atoms with Gasteiger partial charge in [0.25, 0.3) is 0 Å². The Hall–Kier alpha value is -0.770. The van der Waals surface area contributed by atoms with Crippen molar-refractivity contribution >= 4 is 5.97 Å². The van der Waals surface area contributed by atoms with Crippen LogP contribution < -0.4 is 0 Å². The SMILES string of the molecule is CC(=O)OC(O)[C@H](O)[C@@H](O)[C@H](O)[C@@H](O)CO. The highest BCUT2D eigenvalue weighted by Gasteiger charge is 2.35. The van der Waals surface area contributed by atoms with E-state index in [1.54, 1.807) is 0 Å². The Labute approximate surface area is 91.3 Å². The molecule has 0 aliphatic heterocycles. The standard InChI is InChI=1S/C8H16O8/c1-3(10)16-8(15)7(14)6(13)5(12)4(11)2-9/h4-9,11-15H,2H2,1H3/t4-,5+,6-,7+,8?/m0/s1. The van der Waals surface area contributed by atoms with Gasteiger partial charge in [-0.3, -0.25) is 4.79 Å². The smallest absolute Gasteiger partial charge is 0.305 e. The second-order valence-corrected chi connectivity index (χ2v) is 3.22. The molecule has 96 valence electrons. The summed E-state index contributed by atoms with van der Waals surface area (Å²) in [6.07, 6.45) is -9.58. The molecule has 0 amide bonds. The van der Waals surface area contributed by atoms with E-state index in [-0.39, 0.29) is 0 Å². The Bertz CT molecular complexity index is 220. The normalized spacial score (nSPS) is 20.7. The number of aliphatic hydroxyl groups is 6. The molecule has 16 heavy (non-hydrogen) atoms. The zero-order chi connectivity index (χ0) is 12.9. The average Bonchev–Trinajstić information content (AvgIpc) is 2.23. The van der Waals surface area contributed by atoms with Gasteiger partial charge in [0.1, 0.15) is 24.4 Å². The minimum atomic E-state index is -2.03. The summed E-state index contributed by atoms with van der Waals surface area (Å²) in [6, 6.07) is 0. The lowest BCUT2D eigenvalue weighted by atomic mass is 10.0. The molecule has 0 aliphatic carbocycles. The van der Waals surface area contributed by atoms with Gasteiger partial charge < -0.3 is 35.4 Å². The van der Waals surface area contributed by atoms with E-state index in [0.29, 0.717) is 0 Å². The number of carbonyl (C=O) groups is 1. The topological polar surface area (TPSA) is 148 Å². The van der Waals surface area contributed by atoms with Crippen molar-refractivity contribution in [3.8, 4) is 0 Å². The van der Waals surface area contributed by atoms with E-state index < -0.39 is 43.3 Å². The Morgan fingerprint density at radius 3 is 1.94 bits per heavy atom. The lowest BCUT2D eigenvalue weighted by molar-refractivity contribution is -0.212. The van der Waals surface area contributed by atoms with Gasteiger partial charge in [0.05, 0.1) is 6.61 Å². The molecule has 0 aromatic carbocycles. The van der Waals surface area contributed by atoms with E-state index >= 15 is 0 Å². The molecule has 0 saturated carbocycles. The van der Waals surface area contributed by atoms with Crippen molar-refractivity contribution in [2.45, 2.75) is 37.6 Å². The quantitative estimate of drug-likeness (QED) is 0.205. The fourth-order valence-electron chi connectivity index (χ4n) is 0.946. The molecular formula is C8H16O8. The van der Waals surface area contributed by atoms with E-state index in [4.69, 9.17) is 20.4 Å². The molecule has 1 unspecified atom stereocenters. The van der Waals surface area contributed by atoms with Crippen LogP contribution in [0, 0.1) is 0 Å². The fraction of sp³-hybridized carbons (Fsp3) is 0.875. The van der Waals surface area contributed by atoms with Crippen molar-refractivity contribution in [3.05, 3.63) is 0 Å². The third kappa shape index (κ3) is 4.39. The first-order valence-electron chi connectivity index (χ1n) is 4.49. The van der Waals surface area contributed by atoms with Gasteiger partial charge in [-0.25, -0.2) is 0 Å². The third-order valence-electron chi connectivity index (χ3n) is 1.86. The van der Waals surface area contributed by atoms with Gasteiger partial charge in [0, 0.05) is 6.92 Å². The minimum Gasteiger partial charge on any atom is -0.433 e. The molecule has 0 aliphatic rings. The van der Waals surface area contributed by atoms with Crippen molar-refractivity contribution in [3.63, 3.8) is 0 Å². The summed E-state index contributed by atoms with van der Waals surface area (Å²) >= 11 is 0. The summed E-state index contributed by atoms with van der Waals surface area (Å²) in [5.74, 6) is -0.893. The molecule has 0 heterocycles. The maximum absolute atomic E-state index is 10.4. The van der Waals surface area contributed by atoms with Gasteiger partial charge in [-0.2, -0.15) is 0 Å². The average molecular weight is 240 g/mol. The monoisotopic (exact) mass is 240 g/mol. The first-order valence-corrected chi connectivity index (χ1v) is 4.49. The highest BCUT2D eigenvalue weighted by Crippen LogP contribution is 2.09. The molecule has 0 spiro atoms. The molecule has 8 nitrogen and oxygen atoms in total. The van der Waals surface area contributed by atoms with Crippen molar-refractivity contribution < 1.29 is 40.2 Å². The highest BCUT2D eigenvalue weighted by molar-refractivity contribution is 5.66. The van der Waals surface area contributed by atoms with E-state index in [1.165, 1.54) is 0 Å². The number of hydrogen-bond acceptors (Lipinski definition) is 8. The van der Waals surface area contributed by atoms with Crippen LogP contribution in [-0.4, -0.2) is 73.9 Å². The molecule has 5 atom stereocenters. The van der Waals surface area contributed by atoms with Crippen molar-refractivity contribution in [1.29, 1.82) is 0 Å². The number of esters is 1. The van der Waals surface area contributed by atoms with E-state index in [9.17, 15) is 15.0 Å². The lowest BCUT2D eigenvalue weighted by Gasteiger charge is -2.27. The van der Waals surface area contributed by atoms with Crippen molar-refractivity contribution in [2.24, 2.45) is 0 Å². The largest absolute Gasteiger partial charge is 0.433 e. The number of carbonyl (C=O) groups excluding carboxylic acids is 1. The Kier molecular flexibility index (Phi) is 6.41. The van der Waals surface area contributed by atoms with Crippen LogP contribution in [0.2, 0.25) is 0 Å². The van der Waals surface area contributed by atoms with Crippen LogP contribution in [0.25, 0.3) is 0 Å². The maximum atomic E-state index is 10.4. The predicted molar refractivity (Wildman–Crippen MR) is 48.9 cm³/mol. The van der Waals surface area contributed by atoms with Crippen LogP contribution in [0.15, 0.2) is 0 Å². The second kappa shape index (κ2) is 6.74. The number of hydrogen-bond donors (Lipinski definition) is 6. The molecule has 0 bridgehead atoms. The van der Waals surface area contributed by atoms with Crippen LogP contribution in [-0.2, 0) is 9.53 Å². The molecule has 0 saturated heterocycles. The predicted octanol–water partition coefficient (Wildman–Crippen LogP) is -3.70. The van der Waals surface area contributed by atoms with E-state index in [2.05, 4.69) is 4.74 Å². The van der Waals surface area contributed by atoms with Crippen LogP contribution in [0.5, 0.6) is 0 Å². The molecule has 0 aromatic heterocycles. The summed E-state index contributed by atoms with van der Waals surface area (Å²) in [6.45, 7) is 0.135.